The normalized spacial score (nSPS) is 11.9. The van der Waals surface area contributed by atoms with Crippen LogP contribution in [0, 0.1) is 13.8 Å². The van der Waals surface area contributed by atoms with Crippen LogP contribution >= 0.6 is 11.3 Å². The molecule has 0 aliphatic heterocycles. The number of carbonyl (C=O) groups is 1. The van der Waals surface area contributed by atoms with Crippen molar-refractivity contribution in [3.05, 3.63) is 94.5 Å². The molecule has 0 bridgehead atoms. The molecule has 260 valence electrons. The number of nitrogens with one attached hydrogen (secondary N) is 2. The highest BCUT2D eigenvalue weighted by Crippen LogP contribution is 2.36. The lowest BCUT2D eigenvalue weighted by Gasteiger charge is -2.27. The van der Waals surface area contributed by atoms with Gasteiger partial charge in [-0.1, -0.05) is 29.3 Å². The van der Waals surface area contributed by atoms with Crippen molar-refractivity contribution in [1.29, 1.82) is 0 Å². The number of hydrogen-bond acceptors (Lipinski definition) is 7. The minimum Gasteiger partial charge on any atom is -0.444 e. The van der Waals surface area contributed by atoms with Gasteiger partial charge in [0.2, 0.25) is 10.0 Å². The highest BCUT2D eigenvalue weighted by Gasteiger charge is 2.24. The Kier molecular flexibility index (Phi) is 11.0. The fraction of sp³-hybridized carbons (Fsp3) is 0.368. The summed E-state index contributed by atoms with van der Waals surface area (Å²) >= 11 is 1.60. The van der Waals surface area contributed by atoms with Crippen LogP contribution < -0.4 is 9.62 Å². The Morgan fingerprint density at radius 3 is 2.31 bits per heavy atom. The summed E-state index contributed by atoms with van der Waals surface area (Å²) in [6.45, 7) is 11.0. The largest absolute Gasteiger partial charge is 0.444 e. The van der Waals surface area contributed by atoms with Gasteiger partial charge >= 0.3 is 6.09 Å². The number of ether oxygens (including phenoxy) is 1. The zero-order valence-corrected chi connectivity index (χ0v) is 31.1. The Morgan fingerprint density at radius 1 is 0.959 bits per heavy atom. The number of hydrogen-bond donors (Lipinski definition) is 2. The molecule has 0 saturated carbocycles. The summed E-state index contributed by atoms with van der Waals surface area (Å²) in [5.41, 5.74) is 8.86. The number of anilines is 3. The van der Waals surface area contributed by atoms with Gasteiger partial charge in [0.1, 0.15) is 5.60 Å². The molecule has 2 heterocycles. The van der Waals surface area contributed by atoms with Crippen molar-refractivity contribution in [3.8, 4) is 11.3 Å². The number of fused-ring (bicyclic) bond motifs is 1. The van der Waals surface area contributed by atoms with Crippen molar-refractivity contribution >= 4 is 54.9 Å². The van der Waals surface area contributed by atoms with Crippen molar-refractivity contribution in [2.75, 3.05) is 36.0 Å². The second-order valence-electron chi connectivity index (χ2n) is 13.7. The first-order valence-electron chi connectivity index (χ1n) is 16.6. The average molecular weight is 702 g/mol. The van der Waals surface area contributed by atoms with Gasteiger partial charge in [-0.3, -0.25) is 4.72 Å². The molecule has 3 aromatic carbocycles. The Hall–Kier alpha value is -4.35. The number of aromatic amines is 1. The monoisotopic (exact) mass is 701 g/mol. The van der Waals surface area contributed by atoms with Crippen LogP contribution in [0.25, 0.3) is 22.2 Å². The maximum atomic E-state index is 13.5. The Morgan fingerprint density at radius 2 is 1.67 bits per heavy atom. The van der Waals surface area contributed by atoms with Crippen LogP contribution in [-0.4, -0.2) is 61.4 Å². The summed E-state index contributed by atoms with van der Waals surface area (Å²) < 4.78 is 31.5. The quantitative estimate of drug-likeness (QED) is 0.119. The topological polar surface area (TPSA) is 108 Å². The Labute approximate surface area is 294 Å². The number of unbranched alkanes of at least 4 members (excludes halogenated alkanes) is 1. The van der Waals surface area contributed by atoms with Gasteiger partial charge in [-0.05, 0) is 119 Å². The molecule has 9 nitrogen and oxygen atoms in total. The smallest absolute Gasteiger partial charge is 0.410 e. The lowest BCUT2D eigenvalue weighted by molar-refractivity contribution is 0.0249. The Balaban J connectivity index is 1.38. The molecule has 2 aromatic heterocycles. The van der Waals surface area contributed by atoms with Gasteiger partial charge in [0.25, 0.3) is 0 Å². The molecule has 0 aliphatic carbocycles. The minimum absolute atomic E-state index is 0.319. The van der Waals surface area contributed by atoms with Gasteiger partial charge in [0, 0.05) is 59.7 Å². The molecule has 0 radical (unpaired) electrons. The highest BCUT2D eigenvalue weighted by molar-refractivity contribution is 7.92. The van der Waals surface area contributed by atoms with Gasteiger partial charge < -0.3 is 19.5 Å². The van der Waals surface area contributed by atoms with E-state index in [9.17, 15) is 13.2 Å². The number of aryl methyl sites for hydroxylation is 3. The first-order valence-corrected chi connectivity index (χ1v) is 19.3. The number of benzene rings is 3. The van der Waals surface area contributed by atoms with Crippen LogP contribution in [0.3, 0.4) is 0 Å². The van der Waals surface area contributed by atoms with Crippen LogP contribution in [0.5, 0.6) is 0 Å². The van der Waals surface area contributed by atoms with E-state index in [1.54, 1.807) is 23.5 Å². The van der Waals surface area contributed by atoms with E-state index in [-0.39, 0.29) is 6.09 Å². The van der Waals surface area contributed by atoms with Crippen LogP contribution in [0.15, 0.2) is 72.2 Å². The zero-order valence-electron chi connectivity index (χ0n) is 29.5. The number of thiazole rings is 1. The molecule has 11 heteroatoms. The summed E-state index contributed by atoms with van der Waals surface area (Å²) in [6, 6.07) is 20.5. The predicted molar refractivity (Wildman–Crippen MR) is 203 cm³/mol. The van der Waals surface area contributed by atoms with Crippen LogP contribution in [0.2, 0.25) is 0 Å². The van der Waals surface area contributed by atoms with E-state index >= 15 is 0 Å². The summed E-state index contributed by atoms with van der Waals surface area (Å²) in [7, 11) is -1.29. The summed E-state index contributed by atoms with van der Waals surface area (Å²) in [5, 5.41) is 4.02. The first kappa shape index (κ1) is 35.9. The lowest BCUT2D eigenvalue weighted by Crippen LogP contribution is -2.38. The summed E-state index contributed by atoms with van der Waals surface area (Å²) in [4.78, 5) is 25.7. The van der Waals surface area contributed by atoms with Crippen molar-refractivity contribution < 1.29 is 17.9 Å². The number of sulfonamides is 1. The molecule has 0 fully saturated rings. The maximum absolute atomic E-state index is 13.5. The van der Waals surface area contributed by atoms with Crippen molar-refractivity contribution in [2.24, 2.45) is 0 Å². The van der Waals surface area contributed by atoms with E-state index in [1.165, 1.54) is 11.1 Å². The van der Waals surface area contributed by atoms with Gasteiger partial charge in [-0.25, -0.2) is 18.2 Å². The number of rotatable bonds is 13. The van der Waals surface area contributed by atoms with Crippen molar-refractivity contribution in [2.45, 2.75) is 65.9 Å². The summed E-state index contributed by atoms with van der Waals surface area (Å²) in [5.74, 6) is 0. The molecule has 2 N–H and O–H groups in total. The third-order valence-corrected chi connectivity index (χ3v) is 9.63. The number of aromatic nitrogens is 2. The van der Waals surface area contributed by atoms with Crippen molar-refractivity contribution in [1.82, 2.24) is 14.9 Å². The van der Waals surface area contributed by atoms with E-state index in [0.717, 1.165) is 69.6 Å². The van der Waals surface area contributed by atoms with E-state index in [0.29, 0.717) is 25.2 Å². The SMILES string of the molecule is Cc1cc(C)cc(-c2[nH]c3ccc(N(C)c4nccs4)cc3c2CCN(CCCCc2ccc(NS(C)(=O)=O)cc2)C(=O)OC(C)(C)C)c1. The first-order chi connectivity index (χ1) is 23.1. The zero-order chi connectivity index (χ0) is 35.3. The van der Waals surface area contributed by atoms with Gasteiger partial charge in [0.15, 0.2) is 5.13 Å². The molecule has 0 unspecified atom stereocenters. The van der Waals surface area contributed by atoms with Gasteiger partial charge in [-0.2, -0.15) is 0 Å². The number of H-pyrrole nitrogens is 1. The van der Waals surface area contributed by atoms with Gasteiger partial charge in [-0.15, -0.1) is 11.3 Å². The van der Waals surface area contributed by atoms with E-state index in [1.807, 2.05) is 56.4 Å². The fourth-order valence-electron chi connectivity index (χ4n) is 6.01. The maximum Gasteiger partial charge on any atom is 0.410 e. The van der Waals surface area contributed by atoms with E-state index in [4.69, 9.17) is 4.74 Å². The lowest BCUT2D eigenvalue weighted by atomic mass is 9.99. The molecule has 0 spiro atoms. The third-order valence-electron chi connectivity index (χ3n) is 8.18. The predicted octanol–water partition coefficient (Wildman–Crippen LogP) is 8.85. The molecule has 5 rings (SSSR count). The molecule has 1 amide bonds. The number of amides is 1. The molecule has 0 atom stereocenters. The second kappa shape index (κ2) is 15.0. The Bertz CT molecular complexity index is 1980. The minimum atomic E-state index is -3.32. The molecule has 0 aliphatic rings. The molecule has 5 aromatic rings. The number of nitrogens with zero attached hydrogens (tertiary/aromatic N) is 3. The summed E-state index contributed by atoms with van der Waals surface area (Å²) in [6.07, 6.45) is 5.75. The molecule has 49 heavy (non-hydrogen) atoms. The fourth-order valence-corrected chi connectivity index (χ4v) is 7.21. The molecule has 0 saturated heterocycles. The molecular formula is C38H47N5O4S2. The van der Waals surface area contributed by atoms with Crippen LogP contribution in [-0.2, 0) is 27.6 Å². The van der Waals surface area contributed by atoms with Crippen molar-refractivity contribution in [3.63, 3.8) is 0 Å². The van der Waals surface area contributed by atoms with E-state index in [2.05, 4.69) is 69.8 Å². The van der Waals surface area contributed by atoms with Crippen LogP contribution in [0.1, 0.15) is 55.9 Å². The number of carbonyl (C=O) groups excluding carboxylic acids is 1. The highest BCUT2D eigenvalue weighted by atomic mass is 32.2. The standard InChI is InChI=1S/C38H47N5O4S2/c1-26-22-27(2)24-29(23-26)35-32(33-25-31(15-16-34(33)40-35)42(6)36-39-18-21-48-36)17-20-43(37(44)47-38(3,4)5)19-9-8-10-28-11-13-30(14-12-28)41-49(7,45)46/h11-16,18,21-25,40-41H,8-10,17,19-20H2,1-7H3. The molecular weight excluding hydrogens is 655 g/mol. The third kappa shape index (κ3) is 9.86. The van der Waals surface area contributed by atoms with E-state index < -0.39 is 15.6 Å². The van der Waals surface area contributed by atoms with Gasteiger partial charge in [0.05, 0.1) is 6.26 Å². The second-order valence-corrected chi connectivity index (χ2v) is 16.3. The van der Waals surface area contributed by atoms with Crippen LogP contribution in [0.4, 0.5) is 21.3 Å². The average Bonchev–Trinajstić information content (AvgIpc) is 3.67.